The first-order valence-corrected chi connectivity index (χ1v) is 7.96. The highest BCUT2D eigenvalue weighted by molar-refractivity contribution is 6.18. The number of likely N-dealkylation sites (tertiary alicyclic amines) is 2. The summed E-state index contributed by atoms with van der Waals surface area (Å²) in [7, 11) is 0. The van der Waals surface area contributed by atoms with E-state index in [1.807, 2.05) is 0 Å². The topological polar surface area (TPSA) is 6.48 Å². The van der Waals surface area contributed by atoms with Gasteiger partial charge in [-0.05, 0) is 64.8 Å². The monoisotopic (exact) mass is 258 g/mol. The average molecular weight is 259 g/mol. The van der Waals surface area contributed by atoms with Crippen LogP contribution in [-0.4, -0.2) is 54.4 Å². The predicted octanol–water partition coefficient (Wildman–Crippen LogP) is 2.96. The van der Waals surface area contributed by atoms with Gasteiger partial charge in [-0.2, -0.15) is 0 Å². The molecule has 2 aliphatic rings. The lowest BCUT2D eigenvalue weighted by atomic mass is 10.1. The minimum atomic E-state index is 0.651. The Morgan fingerprint density at radius 3 is 2.41 bits per heavy atom. The molecule has 0 aromatic heterocycles. The molecule has 0 bridgehead atoms. The number of rotatable bonds is 5. The van der Waals surface area contributed by atoms with E-state index in [4.69, 9.17) is 11.6 Å². The fourth-order valence-corrected chi connectivity index (χ4v) is 3.56. The molecule has 2 nitrogen and oxygen atoms in total. The van der Waals surface area contributed by atoms with Crippen molar-refractivity contribution in [2.24, 2.45) is 0 Å². The first-order chi connectivity index (χ1) is 8.40. The van der Waals surface area contributed by atoms with Crippen LogP contribution >= 0.6 is 11.6 Å². The zero-order chi connectivity index (χ0) is 11.9. The molecule has 0 aromatic carbocycles. The lowest BCUT2D eigenvalue weighted by Gasteiger charge is -2.29. The lowest BCUT2D eigenvalue weighted by molar-refractivity contribution is 0.200. The van der Waals surface area contributed by atoms with Gasteiger partial charge in [-0.1, -0.05) is 12.8 Å². The van der Waals surface area contributed by atoms with Crippen LogP contribution in [0, 0.1) is 0 Å². The maximum absolute atomic E-state index is 6.10. The van der Waals surface area contributed by atoms with E-state index in [-0.39, 0.29) is 0 Å². The van der Waals surface area contributed by atoms with Gasteiger partial charge in [0.25, 0.3) is 0 Å². The molecule has 0 aliphatic carbocycles. The van der Waals surface area contributed by atoms with Crippen molar-refractivity contribution >= 4 is 11.6 Å². The van der Waals surface area contributed by atoms with E-state index in [2.05, 4.69) is 9.80 Å². The molecule has 0 amide bonds. The largest absolute Gasteiger partial charge is 0.303 e. The van der Waals surface area contributed by atoms with Crippen molar-refractivity contribution in [1.82, 2.24) is 9.80 Å². The van der Waals surface area contributed by atoms with Gasteiger partial charge in [0.2, 0.25) is 0 Å². The van der Waals surface area contributed by atoms with Crippen molar-refractivity contribution in [1.29, 1.82) is 0 Å². The Morgan fingerprint density at radius 2 is 1.65 bits per heavy atom. The fourth-order valence-electron chi connectivity index (χ4n) is 3.21. The standard InChI is InChI=1S/C14H27ClN2/c15-13-14-7-2-1-3-11-17(14)12-6-10-16-8-4-5-9-16/h14H,1-13H2. The Hall–Kier alpha value is 0.210. The third-order valence-corrected chi connectivity index (χ3v) is 4.65. The Bertz CT molecular complexity index is 204. The molecule has 2 aliphatic heterocycles. The number of halogens is 1. The van der Waals surface area contributed by atoms with Crippen molar-refractivity contribution < 1.29 is 0 Å². The van der Waals surface area contributed by atoms with Crippen LogP contribution in [-0.2, 0) is 0 Å². The molecule has 17 heavy (non-hydrogen) atoms. The summed E-state index contributed by atoms with van der Waals surface area (Å²) >= 11 is 6.10. The Morgan fingerprint density at radius 1 is 0.882 bits per heavy atom. The molecule has 2 saturated heterocycles. The molecule has 3 heteroatoms. The van der Waals surface area contributed by atoms with E-state index in [9.17, 15) is 0 Å². The van der Waals surface area contributed by atoms with Gasteiger partial charge in [-0.3, -0.25) is 4.90 Å². The second-order valence-corrected chi connectivity index (χ2v) is 5.90. The summed E-state index contributed by atoms with van der Waals surface area (Å²) in [5.41, 5.74) is 0. The van der Waals surface area contributed by atoms with Crippen LogP contribution < -0.4 is 0 Å². The average Bonchev–Trinajstić information content (AvgIpc) is 2.75. The first-order valence-electron chi connectivity index (χ1n) is 7.42. The van der Waals surface area contributed by atoms with Crippen molar-refractivity contribution in [2.45, 2.75) is 51.0 Å². The summed E-state index contributed by atoms with van der Waals surface area (Å²) in [5, 5.41) is 0. The maximum atomic E-state index is 6.10. The number of hydrogen-bond donors (Lipinski definition) is 0. The smallest absolute Gasteiger partial charge is 0.0379 e. The van der Waals surface area contributed by atoms with Crippen LogP contribution in [0.1, 0.15) is 44.9 Å². The van der Waals surface area contributed by atoms with Gasteiger partial charge in [-0.15, -0.1) is 11.6 Å². The molecule has 0 saturated carbocycles. The highest BCUT2D eigenvalue weighted by atomic mass is 35.5. The molecule has 2 rings (SSSR count). The number of nitrogens with zero attached hydrogens (tertiary/aromatic N) is 2. The van der Waals surface area contributed by atoms with Crippen LogP contribution in [0.2, 0.25) is 0 Å². The van der Waals surface area contributed by atoms with Crippen LogP contribution in [0.15, 0.2) is 0 Å². The van der Waals surface area contributed by atoms with Crippen LogP contribution in [0.25, 0.3) is 0 Å². The minimum Gasteiger partial charge on any atom is -0.303 e. The maximum Gasteiger partial charge on any atom is 0.0379 e. The summed E-state index contributed by atoms with van der Waals surface area (Å²) in [6, 6.07) is 0.651. The van der Waals surface area contributed by atoms with E-state index in [0.717, 1.165) is 5.88 Å². The predicted molar refractivity (Wildman–Crippen MR) is 74.8 cm³/mol. The molecule has 0 spiro atoms. The van der Waals surface area contributed by atoms with Gasteiger partial charge < -0.3 is 4.90 Å². The van der Waals surface area contributed by atoms with Gasteiger partial charge in [0.15, 0.2) is 0 Å². The normalized spacial score (nSPS) is 28.4. The number of hydrogen-bond acceptors (Lipinski definition) is 2. The Labute approximate surface area is 111 Å². The van der Waals surface area contributed by atoms with Crippen LogP contribution in [0.4, 0.5) is 0 Å². The zero-order valence-electron chi connectivity index (χ0n) is 11.0. The van der Waals surface area contributed by atoms with E-state index in [1.165, 1.54) is 77.7 Å². The highest BCUT2D eigenvalue weighted by Gasteiger charge is 2.20. The molecule has 1 unspecified atom stereocenters. The van der Waals surface area contributed by atoms with Gasteiger partial charge >= 0.3 is 0 Å². The molecular formula is C14H27ClN2. The third kappa shape index (κ3) is 4.42. The van der Waals surface area contributed by atoms with Crippen LogP contribution in [0.5, 0.6) is 0 Å². The summed E-state index contributed by atoms with van der Waals surface area (Å²) in [4.78, 5) is 5.27. The third-order valence-electron chi connectivity index (χ3n) is 4.30. The first kappa shape index (κ1) is 13.6. The second kappa shape index (κ2) is 7.60. The molecule has 2 fully saturated rings. The van der Waals surface area contributed by atoms with Gasteiger partial charge in [0, 0.05) is 11.9 Å². The van der Waals surface area contributed by atoms with Crippen LogP contribution in [0.3, 0.4) is 0 Å². The summed E-state index contributed by atoms with van der Waals surface area (Å²) in [5.74, 6) is 0.823. The van der Waals surface area contributed by atoms with Crippen molar-refractivity contribution in [3.8, 4) is 0 Å². The molecular weight excluding hydrogens is 232 g/mol. The zero-order valence-corrected chi connectivity index (χ0v) is 11.8. The lowest BCUT2D eigenvalue weighted by Crippen LogP contribution is -2.38. The minimum absolute atomic E-state index is 0.651. The van der Waals surface area contributed by atoms with Crippen molar-refractivity contribution in [3.05, 3.63) is 0 Å². The highest BCUT2D eigenvalue weighted by Crippen LogP contribution is 2.18. The quantitative estimate of drug-likeness (QED) is 0.700. The Balaban J connectivity index is 1.67. The molecule has 2 heterocycles. The molecule has 0 aromatic rings. The SMILES string of the molecule is ClCC1CCCCCN1CCCN1CCCC1. The second-order valence-electron chi connectivity index (χ2n) is 5.60. The summed E-state index contributed by atoms with van der Waals surface area (Å²) in [6.45, 7) is 6.49. The molecule has 1 atom stereocenters. The fraction of sp³-hybridized carbons (Fsp3) is 1.00. The van der Waals surface area contributed by atoms with E-state index < -0.39 is 0 Å². The van der Waals surface area contributed by atoms with Gasteiger partial charge in [0.05, 0.1) is 0 Å². The van der Waals surface area contributed by atoms with Crippen molar-refractivity contribution in [3.63, 3.8) is 0 Å². The van der Waals surface area contributed by atoms with E-state index >= 15 is 0 Å². The summed E-state index contributed by atoms with van der Waals surface area (Å²) < 4.78 is 0. The van der Waals surface area contributed by atoms with E-state index in [1.54, 1.807) is 0 Å². The number of alkyl halides is 1. The molecule has 0 N–H and O–H groups in total. The summed E-state index contributed by atoms with van der Waals surface area (Å²) in [6.07, 6.45) is 9.61. The van der Waals surface area contributed by atoms with E-state index in [0.29, 0.717) is 6.04 Å². The molecule has 0 radical (unpaired) electrons. The van der Waals surface area contributed by atoms with Crippen molar-refractivity contribution in [2.75, 3.05) is 38.6 Å². The molecule has 100 valence electrons. The Kier molecular flexibility index (Phi) is 6.10. The van der Waals surface area contributed by atoms with Gasteiger partial charge in [-0.25, -0.2) is 0 Å². The van der Waals surface area contributed by atoms with Gasteiger partial charge in [0.1, 0.15) is 0 Å².